The molecule has 25 heavy (non-hydrogen) atoms. The first-order valence-corrected chi connectivity index (χ1v) is 8.24. The highest BCUT2D eigenvalue weighted by molar-refractivity contribution is 5.67. The average Bonchev–Trinajstić information content (AvgIpc) is 2.50. The van der Waals surface area contributed by atoms with Gasteiger partial charge in [0.1, 0.15) is 18.9 Å². The lowest BCUT2D eigenvalue weighted by Crippen LogP contribution is -2.62. The van der Waals surface area contributed by atoms with E-state index in [1.54, 1.807) is 0 Å². The number of rotatable bonds is 6. The minimum atomic E-state index is -0.972. The van der Waals surface area contributed by atoms with Gasteiger partial charge in [0.15, 0.2) is 12.2 Å². The molecule has 0 saturated carbocycles. The van der Waals surface area contributed by atoms with Crippen LogP contribution in [-0.4, -0.2) is 66.8 Å². The van der Waals surface area contributed by atoms with Crippen LogP contribution in [0.15, 0.2) is 0 Å². The van der Waals surface area contributed by atoms with Crippen molar-refractivity contribution in [2.24, 2.45) is 0 Å². The Bertz CT molecular complexity index is 440. The van der Waals surface area contributed by atoms with Crippen LogP contribution in [-0.2, 0) is 33.3 Å². The Kier molecular flexibility index (Phi) is 11.0. The number of carbonyl (C=O) groups is 3. The SMILES string of the molecule is CC.CC(=O)OC[C@H]1OC[C@H](NC(C)O)[C@@H](OC(C)=O)[C@H]1OC(C)=O. The fraction of sp³-hybridized carbons (Fsp3) is 0.812. The summed E-state index contributed by atoms with van der Waals surface area (Å²) in [6, 6.07) is -0.586. The first kappa shape index (κ1) is 23.3. The Hall–Kier alpha value is -1.71. The fourth-order valence-corrected chi connectivity index (χ4v) is 2.33. The molecule has 1 aliphatic heterocycles. The van der Waals surface area contributed by atoms with Crippen LogP contribution >= 0.6 is 0 Å². The highest BCUT2D eigenvalue weighted by atomic mass is 16.6. The van der Waals surface area contributed by atoms with Crippen molar-refractivity contribution in [3.8, 4) is 0 Å². The lowest BCUT2D eigenvalue weighted by molar-refractivity contribution is -0.209. The van der Waals surface area contributed by atoms with Gasteiger partial charge in [-0.3, -0.25) is 19.7 Å². The second-order valence-electron chi connectivity index (χ2n) is 5.27. The lowest BCUT2D eigenvalue weighted by atomic mass is 9.97. The van der Waals surface area contributed by atoms with Crippen LogP contribution in [0.5, 0.6) is 0 Å². The zero-order valence-corrected chi connectivity index (χ0v) is 15.6. The third-order valence-electron chi connectivity index (χ3n) is 3.09. The van der Waals surface area contributed by atoms with Crippen LogP contribution in [0, 0.1) is 0 Å². The Morgan fingerprint density at radius 1 is 1.08 bits per heavy atom. The maximum atomic E-state index is 11.4. The second-order valence-corrected chi connectivity index (χ2v) is 5.27. The maximum absolute atomic E-state index is 11.4. The van der Waals surface area contributed by atoms with Crippen molar-refractivity contribution in [3.63, 3.8) is 0 Å². The average molecular weight is 363 g/mol. The zero-order chi connectivity index (χ0) is 19.6. The van der Waals surface area contributed by atoms with E-state index in [4.69, 9.17) is 18.9 Å². The van der Waals surface area contributed by atoms with E-state index in [0.717, 1.165) is 0 Å². The number of ether oxygens (including phenoxy) is 4. The number of hydrogen-bond donors (Lipinski definition) is 2. The summed E-state index contributed by atoms with van der Waals surface area (Å²) in [6.07, 6.45) is -3.52. The van der Waals surface area contributed by atoms with E-state index in [1.165, 1.54) is 27.7 Å². The fourth-order valence-electron chi connectivity index (χ4n) is 2.33. The molecule has 146 valence electrons. The summed E-state index contributed by atoms with van der Waals surface area (Å²) < 4.78 is 20.9. The summed E-state index contributed by atoms with van der Waals surface area (Å²) in [5, 5.41) is 12.3. The van der Waals surface area contributed by atoms with Crippen molar-refractivity contribution in [2.75, 3.05) is 13.2 Å². The minimum Gasteiger partial charge on any atom is -0.463 e. The van der Waals surface area contributed by atoms with Gasteiger partial charge in [-0.1, -0.05) is 13.8 Å². The third-order valence-corrected chi connectivity index (χ3v) is 3.09. The molecule has 0 aromatic heterocycles. The smallest absolute Gasteiger partial charge is 0.303 e. The van der Waals surface area contributed by atoms with Crippen molar-refractivity contribution in [2.45, 2.75) is 72.1 Å². The summed E-state index contributed by atoms with van der Waals surface area (Å²) in [6.45, 7) is 9.10. The molecule has 1 saturated heterocycles. The summed E-state index contributed by atoms with van der Waals surface area (Å²) in [5.74, 6) is -1.68. The molecule has 1 fully saturated rings. The Labute approximate surface area is 147 Å². The molecule has 0 aliphatic carbocycles. The van der Waals surface area contributed by atoms with Gasteiger partial charge >= 0.3 is 17.9 Å². The van der Waals surface area contributed by atoms with Crippen LogP contribution in [0.3, 0.4) is 0 Å². The first-order chi connectivity index (χ1) is 11.7. The van der Waals surface area contributed by atoms with Gasteiger partial charge < -0.3 is 24.1 Å². The standard InChI is InChI=1S/C14H23NO8.C2H6/c1-7(16)15-11-5-21-12(6-20-8(2)17)14(23-10(4)19)13(11)22-9(3)18;1-2/h7,11-16H,5-6H2,1-4H3;1-2H3/t7?,11-,12+,13+,14-;/m0./s1. The minimum absolute atomic E-state index is 0.0759. The van der Waals surface area contributed by atoms with Crippen molar-refractivity contribution in [1.29, 1.82) is 0 Å². The number of aliphatic hydroxyl groups is 1. The van der Waals surface area contributed by atoms with E-state index in [-0.39, 0.29) is 13.2 Å². The van der Waals surface area contributed by atoms with Gasteiger partial charge in [-0.2, -0.15) is 0 Å². The summed E-state index contributed by atoms with van der Waals surface area (Å²) in [4.78, 5) is 33.7. The molecule has 2 N–H and O–H groups in total. The summed E-state index contributed by atoms with van der Waals surface area (Å²) in [5.41, 5.74) is 0. The quantitative estimate of drug-likeness (QED) is 0.385. The van der Waals surface area contributed by atoms with Gasteiger partial charge in [-0.25, -0.2) is 0 Å². The molecule has 0 spiro atoms. The molecule has 9 nitrogen and oxygen atoms in total. The van der Waals surface area contributed by atoms with E-state index >= 15 is 0 Å². The monoisotopic (exact) mass is 363 g/mol. The normalized spacial score (nSPS) is 26.5. The molecule has 9 heteroatoms. The maximum Gasteiger partial charge on any atom is 0.303 e. The Balaban J connectivity index is 0.00000277. The number of hydrogen-bond acceptors (Lipinski definition) is 9. The van der Waals surface area contributed by atoms with Gasteiger partial charge in [0.2, 0.25) is 0 Å². The van der Waals surface area contributed by atoms with Gasteiger partial charge in [-0.15, -0.1) is 0 Å². The topological polar surface area (TPSA) is 120 Å². The number of esters is 3. The molecule has 0 radical (unpaired) electrons. The molecular weight excluding hydrogens is 334 g/mol. The van der Waals surface area contributed by atoms with Crippen LogP contribution < -0.4 is 5.32 Å². The number of carbonyl (C=O) groups excluding carboxylic acids is 3. The van der Waals surface area contributed by atoms with Gasteiger partial charge in [0, 0.05) is 20.8 Å². The van der Waals surface area contributed by atoms with Crippen molar-refractivity contribution in [1.82, 2.24) is 5.32 Å². The highest BCUT2D eigenvalue weighted by Gasteiger charge is 2.45. The predicted octanol–water partition coefficient (Wildman–Crippen LogP) is 0.134. The van der Waals surface area contributed by atoms with Gasteiger partial charge in [0.25, 0.3) is 0 Å². The molecule has 0 aromatic carbocycles. The van der Waals surface area contributed by atoms with E-state index in [2.05, 4.69) is 5.32 Å². The molecule has 1 heterocycles. The number of aliphatic hydroxyl groups excluding tert-OH is 1. The van der Waals surface area contributed by atoms with Crippen LogP contribution in [0.25, 0.3) is 0 Å². The molecule has 0 aromatic rings. The van der Waals surface area contributed by atoms with E-state index in [9.17, 15) is 19.5 Å². The molecular formula is C16H29NO8. The van der Waals surface area contributed by atoms with E-state index in [1.807, 2.05) is 13.8 Å². The largest absolute Gasteiger partial charge is 0.463 e. The molecule has 1 aliphatic rings. The summed E-state index contributed by atoms with van der Waals surface area (Å²) in [7, 11) is 0. The second kappa shape index (κ2) is 11.8. The molecule has 1 unspecified atom stereocenters. The molecule has 0 amide bonds. The van der Waals surface area contributed by atoms with E-state index < -0.39 is 48.5 Å². The summed E-state index contributed by atoms with van der Waals surface area (Å²) >= 11 is 0. The van der Waals surface area contributed by atoms with E-state index in [0.29, 0.717) is 0 Å². The molecule has 0 bridgehead atoms. The van der Waals surface area contributed by atoms with Gasteiger partial charge in [-0.05, 0) is 6.92 Å². The Morgan fingerprint density at radius 2 is 1.60 bits per heavy atom. The molecule has 1 rings (SSSR count). The van der Waals surface area contributed by atoms with Gasteiger partial charge in [0.05, 0.1) is 12.6 Å². The number of nitrogens with one attached hydrogen (secondary N) is 1. The lowest BCUT2D eigenvalue weighted by Gasteiger charge is -2.41. The van der Waals surface area contributed by atoms with Crippen LogP contribution in [0.2, 0.25) is 0 Å². The van der Waals surface area contributed by atoms with Crippen molar-refractivity contribution < 1.29 is 38.4 Å². The predicted molar refractivity (Wildman–Crippen MR) is 87.4 cm³/mol. The van der Waals surface area contributed by atoms with Crippen molar-refractivity contribution >= 4 is 17.9 Å². The van der Waals surface area contributed by atoms with Crippen molar-refractivity contribution in [3.05, 3.63) is 0 Å². The zero-order valence-electron chi connectivity index (χ0n) is 15.6. The third kappa shape index (κ3) is 8.80. The van der Waals surface area contributed by atoms with Crippen LogP contribution in [0.4, 0.5) is 0 Å². The molecule has 5 atom stereocenters. The Morgan fingerprint density at radius 3 is 2.04 bits per heavy atom. The van der Waals surface area contributed by atoms with Crippen LogP contribution in [0.1, 0.15) is 41.5 Å². The first-order valence-electron chi connectivity index (χ1n) is 8.24. The highest BCUT2D eigenvalue weighted by Crippen LogP contribution is 2.23.